The van der Waals surface area contributed by atoms with Crippen molar-refractivity contribution in [1.82, 2.24) is 0 Å². The van der Waals surface area contributed by atoms with Gasteiger partial charge in [-0.2, -0.15) is 0 Å². The lowest BCUT2D eigenvalue weighted by Gasteiger charge is -2.43. The number of ether oxygens (including phenoxy) is 3. The van der Waals surface area contributed by atoms with Gasteiger partial charge in [0.1, 0.15) is 12.2 Å². The maximum atomic E-state index is 11.4. The highest BCUT2D eigenvalue weighted by atomic mass is 28.4. The van der Waals surface area contributed by atoms with Crippen LogP contribution in [0.3, 0.4) is 0 Å². The smallest absolute Gasteiger partial charge is 0.303 e. The van der Waals surface area contributed by atoms with Gasteiger partial charge in [0, 0.05) is 13.8 Å². The lowest BCUT2D eigenvalue weighted by atomic mass is 9.98. The molecule has 1 fully saturated rings. The Hall–Kier alpha value is -1.00. The van der Waals surface area contributed by atoms with E-state index in [0.29, 0.717) is 0 Å². The average molecular weight is 378 g/mol. The highest BCUT2D eigenvalue weighted by Gasteiger charge is 2.50. The van der Waals surface area contributed by atoms with Crippen LogP contribution in [-0.4, -0.2) is 67.8 Å². The molecule has 146 valence electrons. The third-order valence-electron chi connectivity index (χ3n) is 4.65. The molecule has 0 aromatic rings. The second kappa shape index (κ2) is 8.13. The molecule has 0 saturated carbocycles. The normalized spacial score (nSPS) is 30.7. The van der Waals surface area contributed by atoms with Gasteiger partial charge in [0.15, 0.2) is 26.8 Å². The van der Waals surface area contributed by atoms with E-state index in [9.17, 15) is 19.8 Å². The van der Waals surface area contributed by atoms with E-state index in [2.05, 4.69) is 20.8 Å². The molecule has 9 heteroatoms. The molecule has 25 heavy (non-hydrogen) atoms. The molecule has 2 N–H and O–H groups in total. The van der Waals surface area contributed by atoms with Crippen molar-refractivity contribution in [3.05, 3.63) is 0 Å². The highest BCUT2D eigenvalue weighted by Crippen LogP contribution is 2.37. The lowest BCUT2D eigenvalue weighted by Crippen LogP contribution is -2.61. The van der Waals surface area contributed by atoms with E-state index in [1.807, 2.05) is 13.1 Å². The Kier molecular flexibility index (Phi) is 7.17. The van der Waals surface area contributed by atoms with Crippen LogP contribution >= 0.6 is 0 Å². The summed E-state index contributed by atoms with van der Waals surface area (Å²) in [6.45, 7) is 12.7. The SMILES string of the molecule is CC(=O)O[C@@H]1[C@@H](O)[C@@H](O)O[C@H](CO[Si](C)(C)C(C)(C)C)[C@H]1OC(C)=O. The standard InChI is InChI=1S/C16H30O8Si/c1-9(17)22-13-11(8-21-25(6,7)16(3,4)5)24-15(20)12(19)14(13)23-10(2)18/h11-15,19-20H,8H2,1-7H3/t11-,12-,13-,14-,15+/m1/s1. The number of carbonyl (C=O) groups excluding carboxylic acids is 2. The molecule has 0 radical (unpaired) electrons. The molecule has 0 amide bonds. The summed E-state index contributed by atoms with van der Waals surface area (Å²) >= 11 is 0. The molecule has 0 aliphatic carbocycles. The summed E-state index contributed by atoms with van der Waals surface area (Å²) < 4.78 is 21.7. The third kappa shape index (κ3) is 5.75. The van der Waals surface area contributed by atoms with Crippen LogP contribution in [0.2, 0.25) is 18.1 Å². The Morgan fingerprint density at radius 1 is 1.04 bits per heavy atom. The van der Waals surface area contributed by atoms with E-state index in [1.54, 1.807) is 0 Å². The molecule has 0 unspecified atom stereocenters. The molecule has 8 nitrogen and oxygen atoms in total. The Morgan fingerprint density at radius 3 is 1.96 bits per heavy atom. The number of carbonyl (C=O) groups is 2. The fourth-order valence-corrected chi connectivity index (χ4v) is 3.22. The van der Waals surface area contributed by atoms with Crippen LogP contribution in [0.25, 0.3) is 0 Å². The predicted octanol–water partition coefficient (Wildman–Crippen LogP) is 0.950. The average Bonchev–Trinajstić information content (AvgIpc) is 2.43. The summed E-state index contributed by atoms with van der Waals surface area (Å²) in [5, 5.41) is 19.9. The first-order valence-corrected chi connectivity index (χ1v) is 11.2. The number of esters is 2. The van der Waals surface area contributed by atoms with Gasteiger partial charge in [-0.25, -0.2) is 0 Å². The zero-order chi connectivity index (χ0) is 19.6. The molecule has 0 aromatic heterocycles. The first-order chi connectivity index (χ1) is 11.3. The Bertz CT molecular complexity index is 487. The zero-order valence-electron chi connectivity index (χ0n) is 15.9. The van der Waals surface area contributed by atoms with Gasteiger partial charge in [-0.15, -0.1) is 0 Å². The van der Waals surface area contributed by atoms with E-state index < -0.39 is 51.0 Å². The summed E-state index contributed by atoms with van der Waals surface area (Å²) in [5.41, 5.74) is 0. The second-order valence-electron chi connectivity index (χ2n) is 7.78. The van der Waals surface area contributed by atoms with E-state index >= 15 is 0 Å². The highest BCUT2D eigenvalue weighted by molar-refractivity contribution is 6.74. The molecule has 0 aromatic carbocycles. The van der Waals surface area contributed by atoms with Crippen molar-refractivity contribution >= 4 is 20.3 Å². The van der Waals surface area contributed by atoms with Crippen molar-refractivity contribution in [1.29, 1.82) is 0 Å². The van der Waals surface area contributed by atoms with Crippen LogP contribution in [-0.2, 0) is 28.2 Å². The third-order valence-corrected chi connectivity index (χ3v) is 9.15. The summed E-state index contributed by atoms with van der Waals surface area (Å²) in [5.74, 6) is -1.29. The minimum Gasteiger partial charge on any atom is -0.456 e. The molecule has 1 heterocycles. The fourth-order valence-electron chi connectivity index (χ4n) is 2.21. The number of aliphatic hydroxyl groups excluding tert-OH is 2. The maximum Gasteiger partial charge on any atom is 0.303 e. The maximum absolute atomic E-state index is 11.4. The minimum atomic E-state index is -2.12. The minimum absolute atomic E-state index is 0.0377. The number of aliphatic hydroxyl groups is 2. The van der Waals surface area contributed by atoms with Crippen molar-refractivity contribution in [2.24, 2.45) is 0 Å². The number of rotatable bonds is 5. The topological polar surface area (TPSA) is 112 Å². The predicted molar refractivity (Wildman–Crippen MR) is 91.1 cm³/mol. The molecule has 0 spiro atoms. The van der Waals surface area contributed by atoms with Crippen LogP contribution in [0.15, 0.2) is 0 Å². The quantitative estimate of drug-likeness (QED) is 0.537. The Labute approximate surface area is 149 Å². The van der Waals surface area contributed by atoms with Gasteiger partial charge in [0.25, 0.3) is 0 Å². The summed E-state index contributed by atoms with van der Waals surface area (Å²) in [6, 6.07) is 0. The molecule has 1 saturated heterocycles. The van der Waals surface area contributed by atoms with Gasteiger partial charge >= 0.3 is 11.9 Å². The van der Waals surface area contributed by atoms with Crippen LogP contribution in [0.5, 0.6) is 0 Å². The van der Waals surface area contributed by atoms with Gasteiger partial charge < -0.3 is 28.8 Å². The summed E-state index contributed by atoms with van der Waals surface area (Å²) in [4.78, 5) is 22.8. The van der Waals surface area contributed by atoms with Crippen molar-refractivity contribution in [2.45, 2.75) is 83.5 Å². The first kappa shape index (κ1) is 22.0. The van der Waals surface area contributed by atoms with Gasteiger partial charge in [-0.05, 0) is 18.1 Å². The fraction of sp³-hybridized carbons (Fsp3) is 0.875. The van der Waals surface area contributed by atoms with Gasteiger partial charge in [-0.3, -0.25) is 9.59 Å². The molecule has 5 atom stereocenters. The Morgan fingerprint density at radius 2 is 1.52 bits per heavy atom. The van der Waals surface area contributed by atoms with Gasteiger partial charge in [0.05, 0.1) is 6.61 Å². The number of hydrogen-bond acceptors (Lipinski definition) is 8. The van der Waals surface area contributed by atoms with E-state index in [4.69, 9.17) is 18.6 Å². The molecular formula is C16H30O8Si. The first-order valence-electron chi connectivity index (χ1n) is 8.26. The van der Waals surface area contributed by atoms with Crippen molar-refractivity contribution in [2.75, 3.05) is 6.61 Å². The van der Waals surface area contributed by atoms with Crippen molar-refractivity contribution in [3.63, 3.8) is 0 Å². The van der Waals surface area contributed by atoms with E-state index in [1.165, 1.54) is 13.8 Å². The monoisotopic (exact) mass is 378 g/mol. The molecule has 0 bridgehead atoms. The summed E-state index contributed by atoms with van der Waals surface area (Å²) in [7, 11) is -2.12. The molecule has 1 rings (SSSR count). The zero-order valence-corrected chi connectivity index (χ0v) is 16.9. The number of hydrogen-bond donors (Lipinski definition) is 2. The summed E-state index contributed by atoms with van der Waals surface area (Å²) in [6.07, 6.45) is -6.30. The second-order valence-corrected chi connectivity index (χ2v) is 12.6. The van der Waals surface area contributed by atoms with Crippen molar-refractivity contribution < 1.29 is 38.4 Å². The molecular weight excluding hydrogens is 348 g/mol. The van der Waals surface area contributed by atoms with E-state index in [-0.39, 0.29) is 11.6 Å². The van der Waals surface area contributed by atoms with Gasteiger partial charge in [0.2, 0.25) is 0 Å². The Balaban J connectivity index is 3.00. The lowest BCUT2D eigenvalue weighted by molar-refractivity contribution is -0.291. The van der Waals surface area contributed by atoms with Crippen LogP contribution < -0.4 is 0 Å². The van der Waals surface area contributed by atoms with Crippen molar-refractivity contribution in [3.8, 4) is 0 Å². The van der Waals surface area contributed by atoms with Crippen LogP contribution in [0, 0.1) is 0 Å². The van der Waals surface area contributed by atoms with Gasteiger partial charge in [-0.1, -0.05) is 20.8 Å². The van der Waals surface area contributed by atoms with Crippen LogP contribution in [0.4, 0.5) is 0 Å². The molecule has 1 aliphatic heterocycles. The molecule has 1 aliphatic rings. The van der Waals surface area contributed by atoms with Crippen LogP contribution in [0.1, 0.15) is 34.6 Å². The van der Waals surface area contributed by atoms with E-state index in [0.717, 1.165) is 0 Å². The largest absolute Gasteiger partial charge is 0.456 e.